The Balaban J connectivity index is 1.24. The first kappa shape index (κ1) is 18.6. The molecule has 2 aromatic carbocycles. The minimum Gasteiger partial charge on any atom is -0.456 e. The lowest BCUT2D eigenvalue weighted by Gasteiger charge is -2.13. The van der Waals surface area contributed by atoms with Crippen molar-refractivity contribution >= 4 is 17.8 Å². The summed E-state index contributed by atoms with van der Waals surface area (Å²) in [7, 11) is 0. The van der Waals surface area contributed by atoms with Crippen LogP contribution in [0.2, 0.25) is 0 Å². The van der Waals surface area contributed by atoms with Gasteiger partial charge in [0.2, 0.25) is 5.89 Å². The van der Waals surface area contributed by atoms with E-state index in [0.717, 1.165) is 10.5 Å². The number of amides is 2. The average molecular weight is 390 g/mol. The van der Waals surface area contributed by atoms with Gasteiger partial charge in [-0.25, -0.2) is 4.98 Å². The molecule has 146 valence electrons. The number of fused-ring (bicyclic) bond motifs is 1. The van der Waals surface area contributed by atoms with E-state index in [1.54, 1.807) is 30.5 Å². The van der Waals surface area contributed by atoms with Crippen molar-refractivity contribution in [2.24, 2.45) is 0 Å². The summed E-state index contributed by atoms with van der Waals surface area (Å²) in [5.74, 6) is -0.194. The van der Waals surface area contributed by atoms with Gasteiger partial charge < -0.3 is 9.15 Å². The predicted molar refractivity (Wildman–Crippen MR) is 103 cm³/mol. The summed E-state index contributed by atoms with van der Waals surface area (Å²) in [5.41, 5.74) is 1.69. The summed E-state index contributed by atoms with van der Waals surface area (Å²) < 4.78 is 10.8. The third-order valence-corrected chi connectivity index (χ3v) is 4.61. The summed E-state index contributed by atoms with van der Waals surface area (Å²) in [6, 6.07) is 16.2. The van der Waals surface area contributed by atoms with Crippen LogP contribution in [0.5, 0.6) is 0 Å². The molecule has 0 spiro atoms. The standard InChI is InChI=1S/C22H18N2O5/c25-20(28-14-19-23-13-18(29-19)15-7-2-1-3-8-15)11-6-12-24-21(26)16-9-4-5-10-17(16)22(24)27/h1-5,7-10,13H,6,11-12,14H2. The largest absolute Gasteiger partial charge is 0.456 e. The molecule has 0 saturated carbocycles. The number of esters is 1. The number of nitrogens with zero attached hydrogens (tertiary/aromatic N) is 2. The van der Waals surface area contributed by atoms with Crippen LogP contribution in [0.1, 0.15) is 39.4 Å². The van der Waals surface area contributed by atoms with Gasteiger partial charge in [-0.05, 0) is 18.6 Å². The molecule has 2 heterocycles. The van der Waals surface area contributed by atoms with Gasteiger partial charge in [-0.3, -0.25) is 19.3 Å². The van der Waals surface area contributed by atoms with Crippen molar-refractivity contribution in [1.82, 2.24) is 9.88 Å². The van der Waals surface area contributed by atoms with E-state index in [4.69, 9.17) is 9.15 Å². The van der Waals surface area contributed by atoms with E-state index in [-0.39, 0.29) is 31.4 Å². The monoisotopic (exact) mass is 390 g/mol. The van der Waals surface area contributed by atoms with Crippen LogP contribution in [0.3, 0.4) is 0 Å². The number of carbonyl (C=O) groups is 3. The third kappa shape index (κ3) is 3.94. The third-order valence-electron chi connectivity index (χ3n) is 4.61. The number of rotatable bonds is 7. The van der Waals surface area contributed by atoms with E-state index < -0.39 is 5.97 Å². The van der Waals surface area contributed by atoms with E-state index in [1.165, 1.54) is 0 Å². The molecule has 0 saturated heterocycles. The Morgan fingerprint density at radius 2 is 1.62 bits per heavy atom. The van der Waals surface area contributed by atoms with Crippen molar-refractivity contribution in [1.29, 1.82) is 0 Å². The quantitative estimate of drug-likeness (QED) is 0.453. The van der Waals surface area contributed by atoms with Crippen LogP contribution in [-0.4, -0.2) is 34.2 Å². The first-order valence-electron chi connectivity index (χ1n) is 9.24. The van der Waals surface area contributed by atoms with Crippen LogP contribution in [-0.2, 0) is 16.1 Å². The van der Waals surface area contributed by atoms with Gasteiger partial charge in [-0.15, -0.1) is 0 Å². The fourth-order valence-corrected chi connectivity index (χ4v) is 3.15. The number of carbonyl (C=O) groups excluding carboxylic acids is 3. The summed E-state index contributed by atoms with van der Waals surface area (Å²) in [6.45, 7) is 0.0945. The van der Waals surface area contributed by atoms with Gasteiger partial charge in [0.25, 0.3) is 11.8 Å². The van der Waals surface area contributed by atoms with Gasteiger partial charge in [0.15, 0.2) is 12.4 Å². The lowest BCUT2D eigenvalue weighted by molar-refractivity contribution is -0.145. The van der Waals surface area contributed by atoms with Crippen molar-refractivity contribution in [3.8, 4) is 11.3 Å². The summed E-state index contributed by atoms with van der Waals surface area (Å²) in [6.07, 6.45) is 1.99. The van der Waals surface area contributed by atoms with Crippen LogP contribution in [0.4, 0.5) is 0 Å². The van der Waals surface area contributed by atoms with Gasteiger partial charge in [-0.2, -0.15) is 0 Å². The number of hydrogen-bond donors (Lipinski definition) is 0. The normalized spacial score (nSPS) is 12.9. The zero-order valence-electron chi connectivity index (χ0n) is 15.5. The molecule has 0 radical (unpaired) electrons. The maximum Gasteiger partial charge on any atom is 0.306 e. The summed E-state index contributed by atoms with van der Waals surface area (Å²) >= 11 is 0. The van der Waals surface area contributed by atoms with Gasteiger partial charge in [0.05, 0.1) is 17.3 Å². The Morgan fingerprint density at radius 3 is 2.31 bits per heavy atom. The van der Waals surface area contributed by atoms with E-state index in [2.05, 4.69) is 4.98 Å². The van der Waals surface area contributed by atoms with Gasteiger partial charge in [0.1, 0.15) is 0 Å². The number of oxazole rings is 1. The van der Waals surface area contributed by atoms with Crippen LogP contribution in [0.25, 0.3) is 11.3 Å². The second kappa shape index (κ2) is 8.10. The van der Waals surface area contributed by atoms with Gasteiger partial charge in [0, 0.05) is 18.5 Å². The van der Waals surface area contributed by atoms with Crippen molar-refractivity contribution in [2.45, 2.75) is 19.4 Å². The molecule has 0 aliphatic carbocycles. The molecular formula is C22H18N2O5. The van der Waals surface area contributed by atoms with E-state index in [1.807, 2.05) is 30.3 Å². The minimum atomic E-state index is -0.443. The number of aromatic nitrogens is 1. The molecule has 1 aliphatic rings. The zero-order valence-corrected chi connectivity index (χ0v) is 15.5. The first-order valence-corrected chi connectivity index (χ1v) is 9.24. The fraction of sp³-hybridized carbons (Fsp3) is 0.182. The zero-order chi connectivity index (χ0) is 20.2. The topological polar surface area (TPSA) is 89.7 Å². The molecule has 0 atom stereocenters. The molecular weight excluding hydrogens is 372 g/mol. The van der Waals surface area contributed by atoms with Crippen LogP contribution in [0.15, 0.2) is 65.2 Å². The second-order valence-corrected chi connectivity index (χ2v) is 6.56. The van der Waals surface area contributed by atoms with Crippen molar-refractivity contribution in [3.63, 3.8) is 0 Å². The molecule has 4 rings (SSSR count). The lowest BCUT2D eigenvalue weighted by atomic mass is 10.1. The number of hydrogen-bond acceptors (Lipinski definition) is 6. The van der Waals surface area contributed by atoms with Crippen molar-refractivity contribution in [2.75, 3.05) is 6.54 Å². The Morgan fingerprint density at radius 1 is 0.966 bits per heavy atom. The highest BCUT2D eigenvalue weighted by Gasteiger charge is 2.34. The van der Waals surface area contributed by atoms with Crippen LogP contribution in [0, 0.1) is 0 Å². The van der Waals surface area contributed by atoms with E-state index in [9.17, 15) is 14.4 Å². The smallest absolute Gasteiger partial charge is 0.306 e. The van der Waals surface area contributed by atoms with E-state index in [0.29, 0.717) is 29.2 Å². The minimum absolute atomic E-state index is 0.0708. The molecule has 2 amide bonds. The number of imide groups is 1. The van der Waals surface area contributed by atoms with Crippen molar-refractivity contribution in [3.05, 3.63) is 77.8 Å². The molecule has 7 heteroatoms. The lowest BCUT2D eigenvalue weighted by Crippen LogP contribution is -2.31. The van der Waals surface area contributed by atoms with Crippen LogP contribution < -0.4 is 0 Å². The highest BCUT2D eigenvalue weighted by molar-refractivity contribution is 6.21. The Hall–Kier alpha value is -3.74. The molecule has 1 aromatic heterocycles. The highest BCUT2D eigenvalue weighted by atomic mass is 16.5. The van der Waals surface area contributed by atoms with Gasteiger partial charge >= 0.3 is 5.97 Å². The van der Waals surface area contributed by atoms with E-state index >= 15 is 0 Å². The van der Waals surface area contributed by atoms with Crippen LogP contribution >= 0.6 is 0 Å². The van der Waals surface area contributed by atoms with Crippen molar-refractivity contribution < 1.29 is 23.5 Å². The molecule has 0 N–H and O–H groups in total. The Bertz CT molecular complexity index is 1020. The highest BCUT2D eigenvalue weighted by Crippen LogP contribution is 2.23. The second-order valence-electron chi connectivity index (χ2n) is 6.56. The molecule has 0 unspecified atom stereocenters. The maximum atomic E-state index is 12.3. The summed E-state index contributed by atoms with van der Waals surface area (Å²) in [4.78, 5) is 41.8. The number of ether oxygens (including phenoxy) is 1. The molecule has 0 bridgehead atoms. The first-order chi connectivity index (χ1) is 14.1. The Labute approximate surface area is 166 Å². The molecule has 7 nitrogen and oxygen atoms in total. The molecule has 1 aliphatic heterocycles. The SMILES string of the molecule is O=C(CCCN1C(=O)c2ccccc2C1=O)OCc1ncc(-c2ccccc2)o1. The Kier molecular flexibility index (Phi) is 5.20. The summed E-state index contributed by atoms with van der Waals surface area (Å²) in [5, 5.41) is 0. The maximum absolute atomic E-state index is 12.3. The molecule has 3 aromatic rings. The fourth-order valence-electron chi connectivity index (χ4n) is 3.15. The molecule has 0 fully saturated rings. The molecule has 29 heavy (non-hydrogen) atoms. The average Bonchev–Trinajstić information content (AvgIpc) is 3.32. The predicted octanol–water partition coefficient (Wildman–Crippen LogP) is 3.46. The van der Waals surface area contributed by atoms with Gasteiger partial charge in [-0.1, -0.05) is 42.5 Å². The number of benzene rings is 2.